The predicted molar refractivity (Wildman–Crippen MR) is 48.0 cm³/mol. The number of carbonyl (C=O) groups is 1. The molecule has 2 nitrogen and oxygen atoms in total. The second kappa shape index (κ2) is 4.88. The van der Waals surface area contributed by atoms with Crippen molar-refractivity contribution in [2.24, 2.45) is 0 Å². The van der Waals surface area contributed by atoms with E-state index in [1.807, 2.05) is 6.92 Å². The molecule has 66 valence electrons. The first-order chi connectivity index (χ1) is 5.83. The van der Waals surface area contributed by atoms with Crippen LogP contribution in [0.4, 0.5) is 0 Å². The predicted octanol–water partition coefficient (Wildman–Crippen LogP) is 1.87. The van der Waals surface area contributed by atoms with Gasteiger partial charge in [-0.25, -0.2) is 0 Å². The van der Waals surface area contributed by atoms with Crippen LogP contribution in [0.2, 0.25) is 0 Å². The first kappa shape index (κ1) is 9.20. The Morgan fingerprint density at radius 2 is 2.33 bits per heavy atom. The topological polar surface area (TPSA) is 26.3 Å². The molecule has 0 atom stereocenters. The number of aldehydes is 1. The van der Waals surface area contributed by atoms with Gasteiger partial charge in [0.05, 0.1) is 13.2 Å². The van der Waals surface area contributed by atoms with Crippen molar-refractivity contribution in [1.82, 2.24) is 0 Å². The molecule has 1 aliphatic rings. The zero-order valence-corrected chi connectivity index (χ0v) is 7.38. The summed E-state index contributed by atoms with van der Waals surface area (Å²) in [4.78, 5) is 10.1. The van der Waals surface area contributed by atoms with E-state index in [4.69, 9.17) is 4.74 Å². The van der Waals surface area contributed by atoms with Gasteiger partial charge in [0.1, 0.15) is 6.29 Å². The van der Waals surface area contributed by atoms with Gasteiger partial charge in [-0.2, -0.15) is 0 Å². The van der Waals surface area contributed by atoms with Crippen LogP contribution < -0.4 is 0 Å². The van der Waals surface area contributed by atoms with Gasteiger partial charge in [0.15, 0.2) is 0 Å². The van der Waals surface area contributed by atoms with Crippen molar-refractivity contribution >= 4 is 6.29 Å². The number of hydrogen-bond acceptors (Lipinski definition) is 2. The van der Waals surface area contributed by atoms with Crippen LogP contribution >= 0.6 is 0 Å². The fraction of sp³-hybridized carbons (Fsp3) is 0.500. The zero-order valence-electron chi connectivity index (χ0n) is 7.38. The Kier molecular flexibility index (Phi) is 3.74. The number of allylic oxidation sites excluding steroid dienone is 3. The molecule has 0 radical (unpaired) electrons. The second-order valence-corrected chi connectivity index (χ2v) is 3.04. The Balaban J connectivity index is 2.16. The quantitative estimate of drug-likeness (QED) is 0.362. The van der Waals surface area contributed by atoms with E-state index in [0.717, 1.165) is 37.9 Å². The Morgan fingerprint density at radius 1 is 1.58 bits per heavy atom. The molecule has 0 aromatic carbocycles. The molecule has 1 aliphatic heterocycles. The average Bonchev–Trinajstić information content (AvgIpc) is 1.95. The lowest BCUT2D eigenvalue weighted by molar-refractivity contribution is -0.104. The molecule has 1 heterocycles. The molecule has 2 heteroatoms. The van der Waals surface area contributed by atoms with E-state index in [0.29, 0.717) is 0 Å². The van der Waals surface area contributed by atoms with Crippen LogP contribution in [-0.4, -0.2) is 19.5 Å². The summed E-state index contributed by atoms with van der Waals surface area (Å²) in [6.45, 7) is 3.58. The van der Waals surface area contributed by atoms with Crippen molar-refractivity contribution in [2.75, 3.05) is 13.2 Å². The third-order valence-corrected chi connectivity index (χ3v) is 1.90. The molecule has 1 saturated heterocycles. The molecule has 12 heavy (non-hydrogen) atoms. The lowest BCUT2D eigenvalue weighted by Gasteiger charge is -2.17. The van der Waals surface area contributed by atoms with Crippen molar-refractivity contribution in [3.05, 3.63) is 23.3 Å². The fourth-order valence-corrected chi connectivity index (χ4v) is 1.04. The van der Waals surface area contributed by atoms with Crippen molar-refractivity contribution in [1.29, 1.82) is 0 Å². The van der Waals surface area contributed by atoms with Crippen molar-refractivity contribution < 1.29 is 9.53 Å². The van der Waals surface area contributed by atoms with Gasteiger partial charge < -0.3 is 4.74 Å². The van der Waals surface area contributed by atoms with Gasteiger partial charge in [-0.1, -0.05) is 11.6 Å². The van der Waals surface area contributed by atoms with Crippen LogP contribution in [0.15, 0.2) is 23.3 Å². The highest BCUT2D eigenvalue weighted by Gasteiger charge is 2.06. The summed E-state index contributed by atoms with van der Waals surface area (Å²) in [5.41, 5.74) is 2.52. The van der Waals surface area contributed by atoms with E-state index < -0.39 is 0 Å². The first-order valence-corrected chi connectivity index (χ1v) is 4.19. The summed E-state index contributed by atoms with van der Waals surface area (Å²) in [7, 11) is 0. The molecule has 0 saturated carbocycles. The monoisotopic (exact) mass is 166 g/mol. The Hall–Kier alpha value is -0.890. The maximum atomic E-state index is 10.1. The van der Waals surface area contributed by atoms with Crippen LogP contribution in [-0.2, 0) is 9.53 Å². The standard InChI is InChI=1S/C10H14O2/c1-9(5-6-11)3-2-4-10-7-12-8-10/h4-6H,2-3,7-8H2,1H3. The van der Waals surface area contributed by atoms with Gasteiger partial charge in [-0.05, 0) is 31.4 Å². The normalized spacial score (nSPS) is 17.1. The minimum Gasteiger partial charge on any atom is -0.373 e. The summed E-state index contributed by atoms with van der Waals surface area (Å²) in [6, 6.07) is 0. The lowest BCUT2D eigenvalue weighted by Crippen LogP contribution is -2.15. The highest BCUT2D eigenvalue weighted by atomic mass is 16.5. The summed E-state index contributed by atoms with van der Waals surface area (Å²) >= 11 is 0. The van der Waals surface area contributed by atoms with E-state index in [9.17, 15) is 4.79 Å². The maximum absolute atomic E-state index is 10.1. The van der Waals surface area contributed by atoms with Gasteiger partial charge in [-0.15, -0.1) is 0 Å². The highest BCUT2D eigenvalue weighted by molar-refractivity contribution is 5.65. The molecular formula is C10H14O2. The van der Waals surface area contributed by atoms with Crippen LogP contribution in [0.3, 0.4) is 0 Å². The number of rotatable bonds is 4. The van der Waals surface area contributed by atoms with Gasteiger partial charge >= 0.3 is 0 Å². The lowest BCUT2D eigenvalue weighted by atomic mass is 10.1. The summed E-state index contributed by atoms with van der Waals surface area (Å²) in [5, 5.41) is 0. The fourth-order valence-electron chi connectivity index (χ4n) is 1.04. The second-order valence-electron chi connectivity index (χ2n) is 3.04. The third kappa shape index (κ3) is 3.01. The maximum Gasteiger partial charge on any atom is 0.142 e. The van der Waals surface area contributed by atoms with Gasteiger partial charge in [0.2, 0.25) is 0 Å². The van der Waals surface area contributed by atoms with Gasteiger partial charge in [0.25, 0.3) is 0 Å². The highest BCUT2D eigenvalue weighted by Crippen LogP contribution is 2.11. The number of ether oxygens (including phenoxy) is 1. The van der Waals surface area contributed by atoms with Crippen LogP contribution in [0.25, 0.3) is 0 Å². The van der Waals surface area contributed by atoms with Crippen LogP contribution in [0, 0.1) is 0 Å². The van der Waals surface area contributed by atoms with Crippen molar-refractivity contribution in [3.8, 4) is 0 Å². The van der Waals surface area contributed by atoms with E-state index in [1.165, 1.54) is 5.57 Å². The molecule has 0 aromatic heterocycles. The molecule has 0 bridgehead atoms. The Morgan fingerprint density at radius 3 is 2.83 bits per heavy atom. The van der Waals surface area contributed by atoms with Crippen LogP contribution in [0.5, 0.6) is 0 Å². The molecule has 0 unspecified atom stereocenters. The van der Waals surface area contributed by atoms with Gasteiger partial charge in [0, 0.05) is 0 Å². The third-order valence-electron chi connectivity index (χ3n) is 1.90. The Bertz CT molecular complexity index is 208. The number of carbonyl (C=O) groups excluding carboxylic acids is 1. The molecule has 1 rings (SSSR count). The molecule has 0 amide bonds. The van der Waals surface area contributed by atoms with Gasteiger partial charge in [-0.3, -0.25) is 4.79 Å². The first-order valence-electron chi connectivity index (χ1n) is 4.19. The molecule has 0 spiro atoms. The summed E-state index contributed by atoms with van der Waals surface area (Å²) < 4.78 is 5.00. The average molecular weight is 166 g/mol. The smallest absolute Gasteiger partial charge is 0.142 e. The molecule has 0 aromatic rings. The summed E-state index contributed by atoms with van der Waals surface area (Å²) in [5.74, 6) is 0. The zero-order chi connectivity index (χ0) is 8.81. The minimum atomic E-state index is 0.802. The summed E-state index contributed by atoms with van der Waals surface area (Å²) in [6.07, 6.45) is 6.66. The number of hydrogen-bond donors (Lipinski definition) is 0. The Labute approximate surface area is 72.9 Å². The van der Waals surface area contributed by atoms with Crippen molar-refractivity contribution in [3.63, 3.8) is 0 Å². The molecule has 0 N–H and O–H groups in total. The minimum absolute atomic E-state index is 0.802. The SMILES string of the molecule is CC(=CC=O)CCC=C1COC1. The van der Waals surface area contributed by atoms with E-state index >= 15 is 0 Å². The van der Waals surface area contributed by atoms with E-state index in [-0.39, 0.29) is 0 Å². The van der Waals surface area contributed by atoms with E-state index in [1.54, 1.807) is 6.08 Å². The largest absolute Gasteiger partial charge is 0.373 e. The molecular weight excluding hydrogens is 152 g/mol. The van der Waals surface area contributed by atoms with E-state index in [2.05, 4.69) is 6.08 Å². The molecule has 0 aliphatic carbocycles. The molecule has 1 fully saturated rings. The van der Waals surface area contributed by atoms with Crippen LogP contribution in [0.1, 0.15) is 19.8 Å². The van der Waals surface area contributed by atoms with Crippen molar-refractivity contribution in [2.45, 2.75) is 19.8 Å².